The fraction of sp³-hybridized carbons (Fsp3) is 0.500. The van der Waals surface area contributed by atoms with Crippen molar-refractivity contribution in [3.63, 3.8) is 0 Å². The Hall–Kier alpha value is -0.157. The SMILES string of the molecule is CC1=C(C)[C](C)([Zr][C]2(C)C=CC(C)=C2C)C=C1. The summed E-state index contributed by atoms with van der Waals surface area (Å²) in [5, 5.41) is 0. The number of rotatable bonds is 2. The third kappa shape index (κ3) is 2.12. The van der Waals surface area contributed by atoms with Crippen molar-refractivity contribution in [2.45, 2.75) is 47.8 Å². The molecule has 0 aliphatic heterocycles. The maximum atomic E-state index is 2.46. The van der Waals surface area contributed by atoms with Crippen LogP contribution in [0.1, 0.15) is 41.5 Å². The summed E-state index contributed by atoms with van der Waals surface area (Å²) in [5.74, 6) is 0. The molecule has 0 saturated carbocycles. The second-order valence-corrected chi connectivity index (χ2v) is 11.5. The third-order valence-electron chi connectivity index (χ3n) is 4.59. The Morgan fingerprint density at radius 1 is 0.765 bits per heavy atom. The second-order valence-electron chi connectivity index (χ2n) is 5.81. The van der Waals surface area contributed by atoms with Gasteiger partial charge in [0.05, 0.1) is 0 Å². The van der Waals surface area contributed by atoms with Gasteiger partial charge in [-0.2, -0.15) is 0 Å². The molecule has 0 amide bonds. The quantitative estimate of drug-likeness (QED) is 0.654. The molecule has 2 unspecified atom stereocenters. The van der Waals surface area contributed by atoms with E-state index in [1.54, 1.807) is 11.1 Å². The van der Waals surface area contributed by atoms with Crippen LogP contribution in [0, 0.1) is 0 Å². The summed E-state index contributed by atoms with van der Waals surface area (Å²) in [6.07, 6.45) is 9.57. The van der Waals surface area contributed by atoms with Crippen LogP contribution in [0.4, 0.5) is 0 Å². The van der Waals surface area contributed by atoms with Crippen molar-refractivity contribution in [2.75, 3.05) is 0 Å². The third-order valence-corrected chi connectivity index (χ3v) is 9.81. The first-order valence-corrected chi connectivity index (χ1v) is 8.78. The first-order chi connectivity index (χ1) is 7.78. The van der Waals surface area contributed by atoms with Crippen LogP contribution >= 0.6 is 0 Å². The Balaban J connectivity index is 2.31. The molecule has 2 aliphatic rings. The van der Waals surface area contributed by atoms with Crippen molar-refractivity contribution < 1.29 is 23.2 Å². The summed E-state index contributed by atoms with van der Waals surface area (Å²) in [7, 11) is 0. The van der Waals surface area contributed by atoms with E-state index < -0.39 is 23.2 Å². The Bertz CT molecular complexity index is 432. The molecular formula is C16H22Zr. The van der Waals surface area contributed by atoms with Crippen molar-refractivity contribution in [3.05, 3.63) is 46.6 Å². The molecule has 0 spiro atoms. The minimum absolute atomic E-state index is 0.401. The molecule has 17 heavy (non-hydrogen) atoms. The van der Waals surface area contributed by atoms with E-state index in [0.29, 0.717) is 6.25 Å². The van der Waals surface area contributed by atoms with E-state index >= 15 is 0 Å². The molecule has 0 aromatic rings. The average molecular weight is 306 g/mol. The molecule has 2 atom stereocenters. The van der Waals surface area contributed by atoms with Gasteiger partial charge in [-0.15, -0.1) is 0 Å². The normalized spacial score (nSPS) is 36.4. The minimum atomic E-state index is -0.603. The van der Waals surface area contributed by atoms with Crippen LogP contribution in [-0.2, 0) is 23.2 Å². The summed E-state index contributed by atoms with van der Waals surface area (Å²) in [6, 6.07) is 0. The van der Waals surface area contributed by atoms with Gasteiger partial charge >= 0.3 is 118 Å². The van der Waals surface area contributed by atoms with Crippen LogP contribution < -0.4 is 0 Å². The zero-order valence-electron chi connectivity index (χ0n) is 11.8. The summed E-state index contributed by atoms with van der Waals surface area (Å²) < 4.78 is 0.802. The fourth-order valence-electron chi connectivity index (χ4n) is 2.71. The first-order valence-electron chi connectivity index (χ1n) is 6.32. The van der Waals surface area contributed by atoms with Gasteiger partial charge in [0.2, 0.25) is 0 Å². The van der Waals surface area contributed by atoms with Gasteiger partial charge in [0.15, 0.2) is 0 Å². The Morgan fingerprint density at radius 3 is 1.35 bits per heavy atom. The second kappa shape index (κ2) is 4.20. The van der Waals surface area contributed by atoms with E-state index in [9.17, 15) is 0 Å². The van der Waals surface area contributed by atoms with E-state index in [1.807, 2.05) is 0 Å². The molecule has 2 rings (SSSR count). The summed E-state index contributed by atoms with van der Waals surface area (Å²) >= 11 is -0.603. The molecular weight excluding hydrogens is 283 g/mol. The number of hydrogen-bond acceptors (Lipinski definition) is 0. The molecule has 0 N–H and O–H groups in total. The molecule has 0 bridgehead atoms. The molecule has 1 heteroatoms. The van der Waals surface area contributed by atoms with Gasteiger partial charge < -0.3 is 0 Å². The average Bonchev–Trinajstić information content (AvgIpc) is 2.66. The van der Waals surface area contributed by atoms with E-state index in [2.05, 4.69) is 65.8 Å². The fourth-order valence-corrected chi connectivity index (χ4v) is 8.08. The predicted molar refractivity (Wildman–Crippen MR) is 71.8 cm³/mol. The van der Waals surface area contributed by atoms with Gasteiger partial charge in [-0.25, -0.2) is 0 Å². The maximum absolute atomic E-state index is 2.46. The van der Waals surface area contributed by atoms with Gasteiger partial charge in [-0.1, -0.05) is 0 Å². The van der Waals surface area contributed by atoms with E-state index in [-0.39, 0.29) is 0 Å². The molecule has 0 aromatic heterocycles. The van der Waals surface area contributed by atoms with E-state index in [1.165, 1.54) is 11.1 Å². The molecule has 0 heterocycles. The standard InChI is InChI=1S/2C8H11.Zr/c2*1-6-4-5-7(2)8(6)3;/h2*4-5H,1-3H3;. The van der Waals surface area contributed by atoms with E-state index in [0.717, 1.165) is 0 Å². The molecule has 0 fully saturated rings. The van der Waals surface area contributed by atoms with Crippen LogP contribution in [0.15, 0.2) is 46.6 Å². The number of allylic oxidation sites excluding steroid dienone is 8. The zero-order chi connectivity index (χ0) is 12.8. The molecule has 2 aliphatic carbocycles. The van der Waals surface area contributed by atoms with Crippen LogP contribution in [0.2, 0.25) is 6.25 Å². The van der Waals surface area contributed by atoms with Crippen molar-refractivity contribution in [1.82, 2.24) is 0 Å². The van der Waals surface area contributed by atoms with Crippen molar-refractivity contribution >= 4 is 0 Å². The Morgan fingerprint density at radius 2 is 1.12 bits per heavy atom. The van der Waals surface area contributed by atoms with Gasteiger partial charge in [-0.3, -0.25) is 0 Å². The molecule has 0 aromatic carbocycles. The van der Waals surface area contributed by atoms with Crippen molar-refractivity contribution in [3.8, 4) is 0 Å². The summed E-state index contributed by atoms with van der Waals surface area (Å²) in [4.78, 5) is 0. The Kier molecular flexibility index (Phi) is 3.28. The Labute approximate surface area is 117 Å². The molecule has 90 valence electrons. The van der Waals surface area contributed by atoms with Crippen LogP contribution in [0.3, 0.4) is 0 Å². The van der Waals surface area contributed by atoms with Crippen molar-refractivity contribution in [2.24, 2.45) is 0 Å². The van der Waals surface area contributed by atoms with Gasteiger partial charge in [0.1, 0.15) is 0 Å². The molecule has 0 saturated heterocycles. The van der Waals surface area contributed by atoms with Gasteiger partial charge in [0, 0.05) is 0 Å². The van der Waals surface area contributed by atoms with Crippen LogP contribution in [0.5, 0.6) is 0 Å². The van der Waals surface area contributed by atoms with Crippen LogP contribution in [-0.4, -0.2) is 0 Å². The topological polar surface area (TPSA) is 0 Å². The molecule has 0 nitrogen and oxygen atoms in total. The number of hydrogen-bond donors (Lipinski definition) is 0. The van der Waals surface area contributed by atoms with E-state index in [4.69, 9.17) is 0 Å². The summed E-state index contributed by atoms with van der Waals surface area (Å²) in [5.41, 5.74) is 6.18. The van der Waals surface area contributed by atoms with Gasteiger partial charge in [-0.05, 0) is 0 Å². The van der Waals surface area contributed by atoms with Crippen LogP contribution in [0.25, 0.3) is 0 Å². The predicted octanol–water partition coefficient (Wildman–Crippen LogP) is 5.24. The first kappa shape index (κ1) is 13.3. The monoisotopic (exact) mass is 304 g/mol. The van der Waals surface area contributed by atoms with Gasteiger partial charge in [0.25, 0.3) is 0 Å². The van der Waals surface area contributed by atoms with Crippen molar-refractivity contribution in [1.29, 1.82) is 0 Å². The zero-order valence-corrected chi connectivity index (χ0v) is 14.3. The summed E-state index contributed by atoms with van der Waals surface area (Å²) in [6.45, 7) is 14.0. The molecule has 0 radical (unpaired) electrons.